The van der Waals surface area contributed by atoms with Crippen LogP contribution in [-0.2, 0) is 32.2 Å². The minimum Gasteiger partial charge on any atom is -0.226 e. The summed E-state index contributed by atoms with van der Waals surface area (Å²) in [6.45, 7) is 0. The molecule has 0 unspecified atom stereocenters. The van der Waals surface area contributed by atoms with Crippen LogP contribution in [0.15, 0.2) is 58.3 Å². The Morgan fingerprint density at radius 2 is 1.29 bits per heavy atom. The summed E-state index contributed by atoms with van der Waals surface area (Å²) < 4.78 is 145. The van der Waals surface area contributed by atoms with Crippen molar-refractivity contribution in [2.24, 2.45) is 0 Å². The first-order valence-corrected chi connectivity index (χ1v) is 12.7. The molecule has 2 aromatic carbocycles. The molecule has 0 saturated heterocycles. The highest BCUT2D eigenvalue weighted by atomic mass is 32.2. The van der Waals surface area contributed by atoms with E-state index >= 15 is 4.39 Å². The van der Waals surface area contributed by atoms with Crippen molar-refractivity contribution in [3.8, 4) is 0 Å². The quantitative estimate of drug-likeness (QED) is 0.544. The standard InChI is InChI=1S/C20H18F7NO4S2/c21-18(33(29,30)17-3-1-2-14(12-17)20(25,26)27)10-8-15(9-11-18)28-34(31,32)16-6-4-13(5-7-16)19(22,23)24/h1-7,12,15,28H,8-11H2/t15-,18-. The molecule has 3 rings (SSSR count). The molecule has 0 bridgehead atoms. The predicted molar refractivity (Wildman–Crippen MR) is 106 cm³/mol. The lowest BCUT2D eigenvalue weighted by Crippen LogP contribution is -2.45. The van der Waals surface area contributed by atoms with Crippen LogP contribution in [0.2, 0.25) is 0 Å². The molecule has 1 saturated carbocycles. The van der Waals surface area contributed by atoms with Gasteiger partial charge < -0.3 is 0 Å². The number of sulfone groups is 1. The fourth-order valence-corrected chi connectivity index (χ4v) is 6.64. The number of alkyl halides is 7. The third kappa shape index (κ3) is 5.38. The average molecular weight is 533 g/mol. The van der Waals surface area contributed by atoms with Crippen molar-refractivity contribution < 1.29 is 47.6 Å². The first-order valence-electron chi connectivity index (χ1n) is 9.76. The lowest BCUT2D eigenvalue weighted by molar-refractivity contribution is -0.138. The smallest absolute Gasteiger partial charge is 0.226 e. The van der Waals surface area contributed by atoms with Crippen LogP contribution in [0.1, 0.15) is 36.8 Å². The molecule has 34 heavy (non-hydrogen) atoms. The molecule has 5 nitrogen and oxygen atoms in total. The molecule has 0 spiro atoms. The number of sulfonamides is 1. The summed E-state index contributed by atoms with van der Waals surface area (Å²) in [7, 11) is -9.12. The van der Waals surface area contributed by atoms with Crippen molar-refractivity contribution in [3.05, 3.63) is 59.7 Å². The summed E-state index contributed by atoms with van der Waals surface area (Å²) >= 11 is 0. The molecule has 0 aromatic heterocycles. The Hall–Kier alpha value is -2.19. The third-order valence-electron chi connectivity index (χ3n) is 5.50. The SMILES string of the molecule is O=S(=O)(N[C@H]1CC[C@](F)(S(=O)(=O)c2cccc(C(F)(F)F)c2)CC1)c1ccc(C(F)(F)F)cc1. The van der Waals surface area contributed by atoms with Crippen LogP contribution in [0.3, 0.4) is 0 Å². The van der Waals surface area contributed by atoms with Crippen LogP contribution in [0.5, 0.6) is 0 Å². The van der Waals surface area contributed by atoms with Gasteiger partial charge in [-0.1, -0.05) is 6.07 Å². The van der Waals surface area contributed by atoms with E-state index in [1.165, 1.54) is 0 Å². The van der Waals surface area contributed by atoms with Crippen LogP contribution >= 0.6 is 0 Å². The van der Waals surface area contributed by atoms with E-state index in [-0.39, 0.29) is 12.8 Å². The maximum absolute atomic E-state index is 15.4. The molecule has 1 aliphatic carbocycles. The average Bonchev–Trinajstić information content (AvgIpc) is 2.74. The maximum atomic E-state index is 15.4. The zero-order valence-corrected chi connectivity index (χ0v) is 18.8. The second kappa shape index (κ2) is 8.79. The molecular formula is C20H18F7NO4S2. The van der Waals surface area contributed by atoms with Crippen LogP contribution in [0.4, 0.5) is 30.7 Å². The Morgan fingerprint density at radius 1 is 0.765 bits per heavy atom. The fraction of sp³-hybridized carbons (Fsp3) is 0.400. The normalized spacial score (nSPS) is 22.5. The van der Waals surface area contributed by atoms with Crippen LogP contribution < -0.4 is 4.72 Å². The van der Waals surface area contributed by atoms with Gasteiger partial charge in [-0.05, 0) is 68.1 Å². The minimum atomic E-state index is -4.83. The molecule has 0 aliphatic heterocycles. The molecule has 0 amide bonds. The summed E-state index contributed by atoms with van der Waals surface area (Å²) in [6, 6.07) is 4.46. The number of rotatable bonds is 5. The molecule has 1 N–H and O–H groups in total. The zero-order chi connectivity index (χ0) is 25.6. The van der Waals surface area contributed by atoms with Crippen molar-refractivity contribution in [1.82, 2.24) is 4.72 Å². The number of nitrogens with one attached hydrogen (secondary N) is 1. The highest BCUT2D eigenvalue weighted by Crippen LogP contribution is 2.42. The first kappa shape index (κ1) is 26.4. The molecule has 0 radical (unpaired) electrons. The maximum Gasteiger partial charge on any atom is 0.416 e. The second-order valence-electron chi connectivity index (χ2n) is 7.83. The van der Waals surface area contributed by atoms with Crippen molar-refractivity contribution in [2.75, 3.05) is 0 Å². The molecule has 0 atom stereocenters. The van der Waals surface area contributed by atoms with E-state index in [2.05, 4.69) is 4.72 Å². The highest BCUT2D eigenvalue weighted by Gasteiger charge is 2.48. The topological polar surface area (TPSA) is 80.3 Å². The Balaban J connectivity index is 1.73. The van der Waals surface area contributed by atoms with Crippen LogP contribution in [0, 0.1) is 0 Å². The summed E-state index contributed by atoms with van der Waals surface area (Å²) in [6.07, 6.45) is -11.5. The van der Waals surface area contributed by atoms with Gasteiger partial charge in [-0.2, -0.15) is 26.3 Å². The molecule has 0 heterocycles. The Morgan fingerprint density at radius 3 is 1.79 bits per heavy atom. The Bertz CT molecular complexity index is 1250. The van der Waals surface area contributed by atoms with Gasteiger partial charge in [0.15, 0.2) is 0 Å². The Kier molecular flexibility index (Phi) is 6.83. The molecule has 14 heteroatoms. The van der Waals surface area contributed by atoms with Gasteiger partial charge in [0.25, 0.3) is 0 Å². The van der Waals surface area contributed by atoms with E-state index in [0.29, 0.717) is 24.3 Å². The van der Waals surface area contributed by atoms with Gasteiger partial charge in [0.05, 0.1) is 20.9 Å². The van der Waals surface area contributed by atoms with E-state index in [1.807, 2.05) is 0 Å². The lowest BCUT2D eigenvalue weighted by atomic mass is 9.94. The van der Waals surface area contributed by atoms with Crippen LogP contribution in [0.25, 0.3) is 0 Å². The summed E-state index contributed by atoms with van der Waals surface area (Å²) in [5.41, 5.74) is -2.30. The van der Waals surface area contributed by atoms with Crippen LogP contribution in [-0.4, -0.2) is 27.9 Å². The van der Waals surface area contributed by atoms with Gasteiger partial charge in [0.2, 0.25) is 24.9 Å². The number of halogens is 7. The fourth-order valence-electron chi connectivity index (χ4n) is 3.60. The second-order valence-corrected chi connectivity index (χ2v) is 11.8. The lowest BCUT2D eigenvalue weighted by Gasteiger charge is -2.33. The van der Waals surface area contributed by atoms with Crippen molar-refractivity contribution in [1.29, 1.82) is 0 Å². The molecular weight excluding hydrogens is 515 g/mol. The van der Waals surface area contributed by atoms with Gasteiger partial charge in [-0.25, -0.2) is 25.9 Å². The van der Waals surface area contributed by atoms with E-state index in [4.69, 9.17) is 0 Å². The van der Waals surface area contributed by atoms with Crippen molar-refractivity contribution in [2.45, 2.75) is 58.9 Å². The van der Waals surface area contributed by atoms with Crippen molar-refractivity contribution in [3.63, 3.8) is 0 Å². The number of benzene rings is 2. The molecule has 188 valence electrons. The number of hydrogen-bond acceptors (Lipinski definition) is 4. The van der Waals surface area contributed by atoms with E-state index < -0.39 is 77.0 Å². The summed E-state index contributed by atoms with van der Waals surface area (Å²) in [5.74, 6) is 0. The minimum absolute atomic E-state index is 0.297. The summed E-state index contributed by atoms with van der Waals surface area (Å²) in [5, 5.41) is -2.91. The first-order chi connectivity index (χ1) is 15.5. The monoisotopic (exact) mass is 533 g/mol. The van der Waals surface area contributed by atoms with Gasteiger partial charge >= 0.3 is 12.4 Å². The van der Waals surface area contributed by atoms with Gasteiger partial charge in [-0.3, -0.25) is 0 Å². The van der Waals surface area contributed by atoms with E-state index in [9.17, 15) is 43.2 Å². The molecule has 1 aliphatic rings. The van der Waals surface area contributed by atoms with E-state index in [0.717, 1.165) is 24.3 Å². The van der Waals surface area contributed by atoms with Gasteiger partial charge in [0, 0.05) is 6.04 Å². The largest absolute Gasteiger partial charge is 0.416 e. The Labute approximate surface area is 190 Å². The highest BCUT2D eigenvalue weighted by molar-refractivity contribution is 7.92. The molecule has 2 aromatic rings. The van der Waals surface area contributed by atoms with E-state index in [1.54, 1.807) is 0 Å². The summed E-state index contributed by atoms with van der Waals surface area (Å²) in [4.78, 5) is -1.30. The molecule has 1 fully saturated rings. The predicted octanol–water partition coefficient (Wildman–Crippen LogP) is 5.08. The van der Waals surface area contributed by atoms with Crippen molar-refractivity contribution >= 4 is 19.9 Å². The van der Waals surface area contributed by atoms with Gasteiger partial charge in [-0.15, -0.1) is 0 Å². The zero-order valence-electron chi connectivity index (χ0n) is 17.1. The van der Waals surface area contributed by atoms with Gasteiger partial charge in [0.1, 0.15) is 0 Å². The number of hydrogen-bond donors (Lipinski definition) is 1. The third-order valence-corrected chi connectivity index (χ3v) is 9.28.